The van der Waals surface area contributed by atoms with Crippen molar-refractivity contribution in [3.05, 3.63) is 58.0 Å². The molecule has 2 heterocycles. The molecule has 1 aliphatic rings. The second-order valence-electron chi connectivity index (χ2n) is 8.17. The molecule has 170 valence electrons. The number of hydrogen-bond donors (Lipinski definition) is 6. The molecule has 3 aromatic rings. The van der Waals surface area contributed by atoms with Gasteiger partial charge < -0.3 is 39.8 Å². The molecule has 0 spiro atoms. The first kappa shape index (κ1) is 21.7. The lowest BCUT2D eigenvalue weighted by atomic mass is 9.82. The Morgan fingerprint density at radius 3 is 2.12 bits per heavy atom. The minimum absolute atomic E-state index is 0.144. The van der Waals surface area contributed by atoms with E-state index in [-0.39, 0.29) is 34.8 Å². The van der Waals surface area contributed by atoms with Gasteiger partial charge in [-0.1, -0.05) is 13.8 Å². The Kier molecular flexibility index (Phi) is 5.34. The van der Waals surface area contributed by atoms with Crippen LogP contribution in [0.25, 0.3) is 0 Å². The highest BCUT2D eigenvalue weighted by Crippen LogP contribution is 2.53. The monoisotopic (exact) mass is 442 g/mol. The van der Waals surface area contributed by atoms with E-state index in [2.05, 4.69) is 0 Å². The summed E-state index contributed by atoms with van der Waals surface area (Å²) in [4.78, 5) is 0. The number of phenols is 5. The molecule has 0 aliphatic carbocycles. The number of aryl methyl sites for hydroxylation is 1. The highest BCUT2D eigenvalue weighted by Gasteiger charge is 2.40. The van der Waals surface area contributed by atoms with E-state index >= 15 is 0 Å². The Bertz CT molecular complexity index is 1160. The molecule has 0 bridgehead atoms. The van der Waals surface area contributed by atoms with Gasteiger partial charge in [-0.25, -0.2) is 0 Å². The molecule has 0 amide bonds. The largest absolute Gasteiger partial charge is 0.507 e. The molecule has 6 N–H and O–H groups in total. The Morgan fingerprint density at radius 2 is 1.53 bits per heavy atom. The van der Waals surface area contributed by atoms with E-state index in [9.17, 15) is 30.6 Å². The summed E-state index contributed by atoms with van der Waals surface area (Å²) < 4.78 is 11.7. The van der Waals surface area contributed by atoms with E-state index in [0.717, 1.165) is 12.2 Å². The lowest BCUT2D eigenvalue weighted by Gasteiger charge is -2.37. The van der Waals surface area contributed by atoms with Crippen molar-refractivity contribution >= 4 is 0 Å². The van der Waals surface area contributed by atoms with E-state index in [1.165, 1.54) is 12.1 Å². The van der Waals surface area contributed by atoms with Crippen molar-refractivity contribution in [2.75, 3.05) is 0 Å². The number of aliphatic hydroxyl groups excluding tert-OH is 1. The highest BCUT2D eigenvalue weighted by atomic mass is 16.5. The first-order valence-electron chi connectivity index (χ1n) is 10.4. The lowest BCUT2D eigenvalue weighted by Crippen LogP contribution is -2.33. The zero-order valence-corrected chi connectivity index (χ0v) is 18.0. The van der Waals surface area contributed by atoms with E-state index in [4.69, 9.17) is 9.15 Å². The molecule has 0 fully saturated rings. The van der Waals surface area contributed by atoms with Gasteiger partial charge >= 0.3 is 0 Å². The number of phenolic OH excluding ortho intramolecular Hbond substituents is 5. The van der Waals surface area contributed by atoms with Gasteiger partial charge in [0.15, 0.2) is 23.4 Å². The number of aromatic hydroxyl groups is 5. The fourth-order valence-electron chi connectivity index (χ4n) is 4.23. The van der Waals surface area contributed by atoms with Gasteiger partial charge in [0.1, 0.15) is 34.9 Å². The van der Waals surface area contributed by atoms with Crippen LogP contribution in [0.4, 0.5) is 0 Å². The maximum Gasteiger partial charge on any atom is 0.200 e. The summed E-state index contributed by atoms with van der Waals surface area (Å²) in [6.45, 7) is 5.32. The normalized spacial score (nSPS) is 20.1. The topological polar surface area (TPSA) is 144 Å². The van der Waals surface area contributed by atoms with Crippen molar-refractivity contribution in [2.24, 2.45) is 0 Å². The van der Waals surface area contributed by atoms with Crippen molar-refractivity contribution < 1.29 is 39.8 Å². The molecule has 3 atom stereocenters. The molecular formula is C24H26O8. The number of aliphatic hydroxyl groups is 1. The van der Waals surface area contributed by atoms with Crippen LogP contribution in [0, 0.1) is 6.92 Å². The third-order valence-electron chi connectivity index (χ3n) is 6.13. The molecule has 2 aromatic carbocycles. The van der Waals surface area contributed by atoms with E-state index in [1.807, 2.05) is 13.0 Å². The summed E-state index contributed by atoms with van der Waals surface area (Å²) in [5.74, 6) is -1.13. The van der Waals surface area contributed by atoms with Gasteiger partial charge in [-0.15, -0.1) is 0 Å². The van der Waals surface area contributed by atoms with Crippen molar-refractivity contribution in [3.8, 4) is 34.5 Å². The van der Waals surface area contributed by atoms with Crippen LogP contribution in [0.1, 0.15) is 59.6 Å². The minimum Gasteiger partial charge on any atom is -0.507 e. The zero-order chi connectivity index (χ0) is 23.3. The maximum atomic E-state index is 11.0. The predicted molar refractivity (Wildman–Crippen MR) is 115 cm³/mol. The van der Waals surface area contributed by atoms with Crippen LogP contribution < -0.4 is 4.74 Å². The summed E-state index contributed by atoms with van der Waals surface area (Å²) >= 11 is 0. The molecule has 4 rings (SSSR count). The van der Waals surface area contributed by atoms with E-state index in [0.29, 0.717) is 16.9 Å². The van der Waals surface area contributed by atoms with Crippen LogP contribution in [-0.4, -0.2) is 36.7 Å². The van der Waals surface area contributed by atoms with Crippen LogP contribution in [0.15, 0.2) is 28.7 Å². The second-order valence-corrected chi connectivity index (χ2v) is 8.17. The molecule has 0 radical (unpaired) electrons. The average molecular weight is 442 g/mol. The lowest BCUT2D eigenvalue weighted by molar-refractivity contribution is 0.00197. The van der Waals surface area contributed by atoms with Gasteiger partial charge in [0.2, 0.25) is 0 Å². The number of ether oxygens (including phenoxy) is 1. The first-order valence-corrected chi connectivity index (χ1v) is 10.4. The average Bonchev–Trinajstić information content (AvgIpc) is 3.22. The summed E-state index contributed by atoms with van der Waals surface area (Å²) in [6, 6.07) is 6.01. The molecule has 1 aromatic heterocycles. The van der Waals surface area contributed by atoms with E-state index in [1.54, 1.807) is 19.9 Å². The van der Waals surface area contributed by atoms with Gasteiger partial charge in [-0.2, -0.15) is 0 Å². The quantitative estimate of drug-likeness (QED) is 0.334. The molecule has 0 saturated heterocycles. The fraction of sp³-hybridized carbons (Fsp3) is 0.333. The highest BCUT2D eigenvalue weighted by molar-refractivity contribution is 5.64. The SMILES string of the molecule is CCc1ccc(Cc2c(O)c(C)c3c(c2O)C(C)C(O)C(c2cc(O)c(O)c(O)c2)O3)o1. The van der Waals surface area contributed by atoms with Crippen LogP contribution in [0.3, 0.4) is 0 Å². The van der Waals surface area contributed by atoms with Gasteiger partial charge in [-0.3, -0.25) is 0 Å². The van der Waals surface area contributed by atoms with Crippen molar-refractivity contribution in [3.63, 3.8) is 0 Å². The second kappa shape index (κ2) is 7.87. The van der Waals surface area contributed by atoms with Crippen LogP contribution in [0.5, 0.6) is 34.5 Å². The smallest absolute Gasteiger partial charge is 0.200 e. The minimum atomic E-state index is -1.15. The van der Waals surface area contributed by atoms with Gasteiger partial charge in [0.05, 0.1) is 0 Å². The van der Waals surface area contributed by atoms with Gasteiger partial charge in [0.25, 0.3) is 0 Å². The van der Waals surface area contributed by atoms with Crippen LogP contribution in [-0.2, 0) is 12.8 Å². The summed E-state index contributed by atoms with van der Waals surface area (Å²) in [5, 5.41) is 62.1. The Morgan fingerprint density at radius 1 is 0.906 bits per heavy atom. The van der Waals surface area contributed by atoms with Gasteiger partial charge in [-0.05, 0) is 31.2 Å². The summed E-state index contributed by atoms with van der Waals surface area (Å²) in [7, 11) is 0. The third kappa shape index (κ3) is 3.36. The van der Waals surface area contributed by atoms with Crippen molar-refractivity contribution in [1.82, 2.24) is 0 Å². The molecular weight excluding hydrogens is 416 g/mol. The Hall–Kier alpha value is -3.52. The number of hydrogen-bond acceptors (Lipinski definition) is 8. The molecule has 32 heavy (non-hydrogen) atoms. The zero-order valence-electron chi connectivity index (χ0n) is 18.0. The number of fused-ring (bicyclic) bond motifs is 1. The standard InChI is InChI=1S/C24H26O8/c1-4-13-5-6-14(31-13)9-15-19(27)11(3)23-18(21(15)29)10(2)20(28)24(32-23)12-7-16(25)22(30)17(26)8-12/h5-8,10,20,24-30H,4,9H2,1-3H3. The predicted octanol–water partition coefficient (Wildman–Crippen LogP) is 3.87. The maximum absolute atomic E-state index is 11.0. The van der Waals surface area contributed by atoms with Crippen molar-refractivity contribution in [1.29, 1.82) is 0 Å². The molecule has 0 saturated carbocycles. The molecule has 8 nitrogen and oxygen atoms in total. The third-order valence-corrected chi connectivity index (χ3v) is 6.13. The number of benzene rings is 2. The van der Waals surface area contributed by atoms with Crippen LogP contribution in [0.2, 0.25) is 0 Å². The first-order chi connectivity index (χ1) is 15.1. The summed E-state index contributed by atoms with van der Waals surface area (Å²) in [6.07, 6.45) is -1.28. The van der Waals surface area contributed by atoms with E-state index < -0.39 is 35.4 Å². The van der Waals surface area contributed by atoms with Crippen molar-refractivity contribution in [2.45, 2.75) is 51.7 Å². The Labute approximate surface area is 184 Å². The van der Waals surface area contributed by atoms with Crippen LogP contribution >= 0.6 is 0 Å². The summed E-state index contributed by atoms with van der Waals surface area (Å²) in [5.41, 5.74) is 1.24. The molecule has 8 heteroatoms. The number of rotatable bonds is 4. The molecule has 1 aliphatic heterocycles. The van der Waals surface area contributed by atoms with Gasteiger partial charge in [0, 0.05) is 41.0 Å². The fourth-order valence-corrected chi connectivity index (χ4v) is 4.23. The molecule has 3 unspecified atom stereocenters. The number of furan rings is 1. The Balaban J connectivity index is 1.78.